The molecule has 0 aliphatic heterocycles. The highest BCUT2D eigenvalue weighted by atomic mass is 16.5. The average Bonchev–Trinajstić information content (AvgIpc) is 3.13. The first-order chi connectivity index (χ1) is 11.9. The Hall–Kier alpha value is -3.29. The van der Waals surface area contributed by atoms with Gasteiger partial charge in [0, 0.05) is 23.1 Å². The normalized spacial score (nSPS) is 12.1. The van der Waals surface area contributed by atoms with Gasteiger partial charge in [-0.1, -0.05) is 5.16 Å². The largest absolute Gasteiger partial charge is 0.508 e. The van der Waals surface area contributed by atoms with Gasteiger partial charge in [0.25, 0.3) is 5.91 Å². The van der Waals surface area contributed by atoms with Crippen molar-refractivity contribution in [1.29, 1.82) is 0 Å². The molecule has 0 saturated heterocycles. The van der Waals surface area contributed by atoms with Gasteiger partial charge in [-0.05, 0) is 26.0 Å². The minimum Gasteiger partial charge on any atom is -0.508 e. The summed E-state index contributed by atoms with van der Waals surface area (Å²) in [7, 11) is 0. The van der Waals surface area contributed by atoms with Crippen LogP contribution in [0.3, 0.4) is 0 Å². The van der Waals surface area contributed by atoms with Crippen molar-refractivity contribution in [3.63, 3.8) is 0 Å². The Labute approximate surface area is 142 Å². The topological polar surface area (TPSA) is 115 Å². The van der Waals surface area contributed by atoms with E-state index in [1.54, 1.807) is 19.1 Å². The van der Waals surface area contributed by atoms with Gasteiger partial charge in [0.2, 0.25) is 0 Å². The summed E-state index contributed by atoms with van der Waals surface area (Å²) in [6, 6.07) is 6.17. The van der Waals surface area contributed by atoms with Crippen LogP contribution in [-0.2, 0) is 20.7 Å². The van der Waals surface area contributed by atoms with Crippen LogP contribution in [0.2, 0.25) is 0 Å². The Morgan fingerprint density at radius 3 is 2.88 bits per heavy atom. The van der Waals surface area contributed by atoms with E-state index >= 15 is 0 Å². The number of fused-ring (bicyclic) bond motifs is 1. The molecule has 0 fully saturated rings. The van der Waals surface area contributed by atoms with Crippen molar-refractivity contribution in [2.24, 2.45) is 0 Å². The van der Waals surface area contributed by atoms with Crippen LogP contribution in [0.1, 0.15) is 18.2 Å². The maximum Gasteiger partial charge on any atom is 0.311 e. The number of phenols is 1. The zero-order valence-corrected chi connectivity index (χ0v) is 13.6. The first-order valence-corrected chi connectivity index (χ1v) is 7.55. The first kappa shape index (κ1) is 16.6. The van der Waals surface area contributed by atoms with Crippen molar-refractivity contribution >= 4 is 28.7 Å². The summed E-state index contributed by atoms with van der Waals surface area (Å²) in [6.07, 6.45) is 0.374. The molecule has 1 aromatic carbocycles. The van der Waals surface area contributed by atoms with Gasteiger partial charge in [0.1, 0.15) is 17.1 Å². The number of nitrogens with one attached hydrogen (secondary N) is 1. The lowest BCUT2D eigenvalue weighted by Crippen LogP contribution is -2.30. The molecule has 25 heavy (non-hydrogen) atoms. The summed E-state index contributed by atoms with van der Waals surface area (Å²) in [5.41, 5.74) is 1.08. The third-order valence-corrected chi connectivity index (χ3v) is 3.53. The van der Waals surface area contributed by atoms with Gasteiger partial charge in [-0.15, -0.1) is 0 Å². The molecule has 8 heteroatoms. The molecule has 3 rings (SSSR count). The smallest absolute Gasteiger partial charge is 0.311 e. The Bertz CT molecular complexity index is 926. The molecule has 1 amide bonds. The van der Waals surface area contributed by atoms with E-state index in [-0.39, 0.29) is 18.0 Å². The minimum absolute atomic E-state index is 0.0571. The van der Waals surface area contributed by atoms with Gasteiger partial charge in [0.05, 0.1) is 12.7 Å². The highest BCUT2D eigenvalue weighted by molar-refractivity contribution is 5.94. The van der Waals surface area contributed by atoms with E-state index in [9.17, 15) is 14.7 Å². The summed E-state index contributed by atoms with van der Waals surface area (Å²) >= 11 is 0. The molecule has 2 N–H and O–H groups in total. The van der Waals surface area contributed by atoms with Crippen molar-refractivity contribution in [2.75, 3.05) is 5.32 Å². The fourth-order valence-corrected chi connectivity index (χ4v) is 2.31. The number of carbonyl (C=O) groups excluding carboxylic acids is 2. The van der Waals surface area contributed by atoms with E-state index < -0.39 is 18.0 Å². The van der Waals surface area contributed by atoms with Crippen LogP contribution in [0.4, 0.5) is 5.82 Å². The molecular formula is C17H16N2O6. The van der Waals surface area contributed by atoms with Crippen LogP contribution in [-0.4, -0.2) is 28.2 Å². The number of anilines is 1. The van der Waals surface area contributed by atoms with Crippen LogP contribution in [0, 0.1) is 6.92 Å². The number of rotatable bonds is 5. The van der Waals surface area contributed by atoms with Crippen LogP contribution in [0.15, 0.2) is 39.5 Å². The summed E-state index contributed by atoms with van der Waals surface area (Å²) in [6.45, 7) is 3.16. The lowest BCUT2D eigenvalue weighted by Gasteiger charge is -2.11. The fraction of sp³-hybridized carbons (Fsp3) is 0.235. The van der Waals surface area contributed by atoms with Gasteiger partial charge in [-0.2, -0.15) is 0 Å². The molecule has 0 radical (unpaired) electrons. The zero-order valence-electron chi connectivity index (χ0n) is 13.6. The van der Waals surface area contributed by atoms with Crippen molar-refractivity contribution in [3.8, 4) is 5.75 Å². The third kappa shape index (κ3) is 3.79. The number of furan rings is 1. The van der Waals surface area contributed by atoms with E-state index in [1.165, 1.54) is 25.3 Å². The van der Waals surface area contributed by atoms with Crippen molar-refractivity contribution < 1.29 is 28.4 Å². The maximum absolute atomic E-state index is 12.1. The lowest BCUT2D eigenvalue weighted by atomic mass is 10.1. The summed E-state index contributed by atoms with van der Waals surface area (Å²) < 4.78 is 15.3. The molecule has 1 atom stereocenters. The predicted molar refractivity (Wildman–Crippen MR) is 87.0 cm³/mol. The predicted octanol–water partition coefficient (Wildman–Crippen LogP) is 2.55. The van der Waals surface area contributed by atoms with E-state index in [2.05, 4.69) is 10.5 Å². The fourth-order valence-electron chi connectivity index (χ4n) is 2.31. The Kier molecular flexibility index (Phi) is 4.42. The van der Waals surface area contributed by atoms with Crippen LogP contribution < -0.4 is 5.32 Å². The van der Waals surface area contributed by atoms with Gasteiger partial charge in [-0.3, -0.25) is 9.59 Å². The number of ether oxygens (including phenoxy) is 1. The Morgan fingerprint density at radius 1 is 1.36 bits per heavy atom. The second-order valence-corrected chi connectivity index (χ2v) is 5.56. The van der Waals surface area contributed by atoms with E-state index in [1.807, 2.05) is 0 Å². The van der Waals surface area contributed by atoms with E-state index in [4.69, 9.17) is 13.7 Å². The second kappa shape index (κ2) is 6.68. The molecule has 0 saturated carbocycles. The van der Waals surface area contributed by atoms with Gasteiger partial charge in [0.15, 0.2) is 11.9 Å². The van der Waals surface area contributed by atoms with Crippen LogP contribution >= 0.6 is 0 Å². The number of hydrogen-bond donors (Lipinski definition) is 2. The molecule has 3 aromatic rings. The van der Waals surface area contributed by atoms with Crippen molar-refractivity contribution in [3.05, 3.63) is 41.9 Å². The summed E-state index contributed by atoms with van der Waals surface area (Å²) in [5.74, 6) is -0.202. The molecule has 0 bridgehead atoms. The Balaban J connectivity index is 1.60. The second-order valence-electron chi connectivity index (χ2n) is 5.56. The number of aromatic hydroxyl groups is 1. The standard InChI is InChI=1S/C17H16N2O6/c1-9-5-15(19-25-9)18-17(22)10(2)24-16(21)6-11-8-23-14-7-12(20)3-4-13(11)14/h3-5,7-8,10,20H,6H2,1-2H3,(H,18,19,22)/t10-/m0/s1. The molecule has 0 spiro atoms. The highest BCUT2D eigenvalue weighted by Crippen LogP contribution is 2.25. The number of aryl methyl sites for hydroxylation is 1. The van der Waals surface area contributed by atoms with Gasteiger partial charge >= 0.3 is 5.97 Å². The maximum atomic E-state index is 12.1. The molecule has 2 heterocycles. The number of aromatic nitrogens is 1. The van der Waals surface area contributed by atoms with Crippen molar-refractivity contribution in [2.45, 2.75) is 26.4 Å². The summed E-state index contributed by atoms with van der Waals surface area (Å²) in [5, 5.41) is 16.2. The number of nitrogens with zero attached hydrogens (tertiary/aromatic N) is 1. The monoisotopic (exact) mass is 344 g/mol. The van der Waals surface area contributed by atoms with E-state index in [0.717, 1.165) is 0 Å². The molecule has 0 aliphatic carbocycles. The molecule has 8 nitrogen and oxygen atoms in total. The minimum atomic E-state index is -0.994. The molecule has 130 valence electrons. The highest BCUT2D eigenvalue weighted by Gasteiger charge is 2.20. The SMILES string of the molecule is Cc1cc(NC(=O)[C@H](C)OC(=O)Cc2coc3cc(O)ccc23)no1. The lowest BCUT2D eigenvalue weighted by molar-refractivity contribution is -0.152. The average molecular weight is 344 g/mol. The number of carbonyl (C=O) groups is 2. The molecule has 0 unspecified atom stereocenters. The van der Waals surface area contributed by atoms with Gasteiger partial charge < -0.3 is 24.1 Å². The summed E-state index contributed by atoms with van der Waals surface area (Å²) in [4.78, 5) is 24.1. The quantitative estimate of drug-likeness (QED) is 0.683. The van der Waals surface area contributed by atoms with Crippen LogP contribution in [0.25, 0.3) is 11.0 Å². The molecule has 2 aromatic heterocycles. The van der Waals surface area contributed by atoms with Crippen molar-refractivity contribution in [1.82, 2.24) is 5.16 Å². The van der Waals surface area contributed by atoms with Gasteiger partial charge in [-0.25, -0.2) is 0 Å². The van der Waals surface area contributed by atoms with E-state index in [0.29, 0.717) is 22.3 Å². The zero-order chi connectivity index (χ0) is 18.0. The third-order valence-electron chi connectivity index (χ3n) is 3.53. The number of hydrogen-bond acceptors (Lipinski definition) is 7. The molecule has 0 aliphatic rings. The number of benzene rings is 1. The number of phenolic OH excluding ortho intramolecular Hbond substituents is 1. The van der Waals surface area contributed by atoms with Crippen LogP contribution in [0.5, 0.6) is 5.75 Å². The number of esters is 1. The number of amides is 1. The first-order valence-electron chi connectivity index (χ1n) is 7.55. The Morgan fingerprint density at radius 2 is 2.16 bits per heavy atom. The molecular weight excluding hydrogens is 328 g/mol.